The van der Waals surface area contributed by atoms with Crippen molar-refractivity contribution in [2.45, 2.75) is 113 Å². The van der Waals surface area contributed by atoms with Crippen LogP contribution in [0.15, 0.2) is 0 Å². The minimum Gasteiger partial charge on any atom is -0.466 e. The molecule has 0 saturated heterocycles. The highest BCUT2D eigenvalue weighted by Crippen LogP contribution is 2.18. The van der Waals surface area contributed by atoms with Crippen LogP contribution in [0.1, 0.15) is 104 Å². The van der Waals surface area contributed by atoms with Gasteiger partial charge in [0.15, 0.2) is 11.6 Å². The van der Waals surface area contributed by atoms with Gasteiger partial charge >= 0.3 is 11.9 Å². The number of ketones is 2. The molecule has 0 bridgehead atoms. The molecule has 0 aliphatic heterocycles. The molecule has 0 aromatic carbocycles. The van der Waals surface area contributed by atoms with Gasteiger partial charge in [-0.1, -0.05) is 96.1 Å². The van der Waals surface area contributed by atoms with Crippen molar-refractivity contribution in [3.63, 3.8) is 0 Å². The van der Waals surface area contributed by atoms with Crippen LogP contribution in [0.25, 0.3) is 0 Å². The molecule has 0 aliphatic carbocycles. The second kappa shape index (κ2) is 20.8. The van der Waals surface area contributed by atoms with Crippen molar-refractivity contribution in [3.05, 3.63) is 0 Å². The van der Waals surface area contributed by atoms with E-state index in [-0.39, 0.29) is 34.1 Å². The zero-order valence-corrected chi connectivity index (χ0v) is 22.8. The van der Waals surface area contributed by atoms with E-state index in [2.05, 4.69) is 31.9 Å². The first kappa shape index (κ1) is 31.2. The number of carbonyl (C=O) groups excluding carboxylic acids is 4. The van der Waals surface area contributed by atoms with Crippen LogP contribution in [-0.4, -0.2) is 46.4 Å². The van der Waals surface area contributed by atoms with Gasteiger partial charge < -0.3 is 9.47 Å². The highest BCUT2D eigenvalue weighted by atomic mass is 79.9. The number of alkyl halides is 2. The maximum absolute atomic E-state index is 11.9. The molecule has 2 unspecified atom stereocenters. The lowest BCUT2D eigenvalue weighted by molar-refractivity contribution is -0.147. The Labute approximate surface area is 210 Å². The predicted molar refractivity (Wildman–Crippen MR) is 133 cm³/mol. The fraction of sp³-hybridized carbons (Fsp3) is 0.833. The van der Waals surface area contributed by atoms with Gasteiger partial charge in [0.2, 0.25) is 0 Å². The largest absolute Gasteiger partial charge is 0.466 e. The summed E-state index contributed by atoms with van der Waals surface area (Å²) in [5.41, 5.74) is 0. The molecular formula is C24H40Br2O6. The Balaban J connectivity index is 3.52. The van der Waals surface area contributed by atoms with Gasteiger partial charge in [-0.2, -0.15) is 0 Å². The first-order valence-electron chi connectivity index (χ1n) is 12.0. The summed E-state index contributed by atoms with van der Waals surface area (Å²) < 4.78 is 9.60. The maximum atomic E-state index is 11.9. The van der Waals surface area contributed by atoms with E-state index in [9.17, 15) is 19.2 Å². The van der Waals surface area contributed by atoms with E-state index < -0.39 is 11.9 Å². The number of carbonyl (C=O) groups is 4. The van der Waals surface area contributed by atoms with Gasteiger partial charge in [-0.25, -0.2) is 0 Å². The Kier molecular flexibility index (Phi) is 20.3. The molecule has 0 aromatic rings. The molecule has 0 saturated carbocycles. The summed E-state index contributed by atoms with van der Waals surface area (Å²) in [4.78, 5) is 45.9. The highest BCUT2D eigenvalue weighted by molar-refractivity contribution is 9.10. The van der Waals surface area contributed by atoms with Gasteiger partial charge in [-0.3, -0.25) is 19.2 Å². The summed E-state index contributed by atoms with van der Waals surface area (Å²) >= 11 is 6.76. The Hall–Kier alpha value is -0.760. The third kappa shape index (κ3) is 17.8. The van der Waals surface area contributed by atoms with Crippen molar-refractivity contribution in [1.82, 2.24) is 0 Å². The van der Waals surface area contributed by atoms with Crippen LogP contribution in [0.4, 0.5) is 0 Å². The molecule has 8 heteroatoms. The molecule has 0 spiro atoms. The van der Waals surface area contributed by atoms with Crippen molar-refractivity contribution in [1.29, 1.82) is 0 Å². The zero-order chi connectivity index (χ0) is 24.2. The van der Waals surface area contributed by atoms with E-state index in [1.54, 1.807) is 13.8 Å². The Morgan fingerprint density at radius 2 is 0.844 bits per heavy atom. The van der Waals surface area contributed by atoms with Gasteiger partial charge in [0.1, 0.15) is 12.8 Å². The minimum absolute atomic E-state index is 0.0990. The van der Waals surface area contributed by atoms with Crippen LogP contribution in [0.3, 0.4) is 0 Å². The number of ether oxygens (including phenoxy) is 2. The SMILES string of the molecule is CCOC(=O)CC(=O)C(Br)CCCCCCCCCCCCC(Br)C(=O)CC(=O)OCC. The lowest BCUT2D eigenvalue weighted by Gasteiger charge is -2.09. The molecule has 0 heterocycles. The number of rotatable bonds is 21. The van der Waals surface area contributed by atoms with Crippen LogP contribution < -0.4 is 0 Å². The molecule has 32 heavy (non-hydrogen) atoms. The van der Waals surface area contributed by atoms with E-state index >= 15 is 0 Å². The summed E-state index contributed by atoms with van der Waals surface area (Å²) in [6, 6.07) is 0. The number of halogens is 2. The molecule has 0 aliphatic rings. The van der Waals surface area contributed by atoms with E-state index in [1.165, 1.54) is 38.5 Å². The maximum Gasteiger partial charge on any atom is 0.313 e. The van der Waals surface area contributed by atoms with Gasteiger partial charge in [0, 0.05) is 0 Å². The van der Waals surface area contributed by atoms with Crippen molar-refractivity contribution < 1.29 is 28.7 Å². The molecular weight excluding hydrogens is 544 g/mol. The predicted octanol–water partition coefficient (Wildman–Crippen LogP) is 6.24. The fourth-order valence-corrected chi connectivity index (χ4v) is 4.28. The van der Waals surface area contributed by atoms with Gasteiger partial charge in [0.05, 0.1) is 22.9 Å². The van der Waals surface area contributed by atoms with E-state index in [1.807, 2.05) is 0 Å². The Morgan fingerprint density at radius 1 is 0.562 bits per heavy atom. The Bertz CT molecular complexity index is 505. The molecule has 0 N–H and O–H groups in total. The fourth-order valence-electron chi connectivity index (χ4n) is 3.31. The molecule has 0 amide bonds. The summed E-state index contributed by atoms with van der Waals surface area (Å²) in [5.74, 6) is -1.09. The van der Waals surface area contributed by atoms with E-state index in [4.69, 9.17) is 9.47 Å². The van der Waals surface area contributed by atoms with Gasteiger partial charge in [-0.05, 0) is 26.7 Å². The van der Waals surface area contributed by atoms with E-state index in [0.29, 0.717) is 13.2 Å². The molecule has 0 radical (unpaired) electrons. The lowest BCUT2D eigenvalue weighted by atomic mass is 10.0. The first-order valence-corrected chi connectivity index (χ1v) is 13.8. The highest BCUT2D eigenvalue weighted by Gasteiger charge is 2.19. The normalized spacial score (nSPS) is 12.8. The summed E-state index contributed by atoms with van der Waals surface area (Å²) in [6.07, 6.45) is 12.6. The number of Topliss-reactive ketones (excluding diaryl/α,β-unsaturated/α-hetero) is 2. The van der Waals surface area contributed by atoms with E-state index in [0.717, 1.165) is 38.5 Å². The first-order chi connectivity index (χ1) is 15.3. The molecule has 0 fully saturated rings. The summed E-state index contributed by atoms with van der Waals surface area (Å²) in [5, 5.41) is 0. The monoisotopic (exact) mass is 582 g/mol. The van der Waals surface area contributed by atoms with Crippen molar-refractivity contribution in [2.75, 3.05) is 13.2 Å². The van der Waals surface area contributed by atoms with Crippen LogP contribution >= 0.6 is 31.9 Å². The molecule has 2 atom stereocenters. The number of hydrogen-bond donors (Lipinski definition) is 0. The summed E-state index contributed by atoms with van der Waals surface area (Å²) in [7, 11) is 0. The molecule has 186 valence electrons. The van der Waals surface area contributed by atoms with Crippen LogP contribution in [0, 0.1) is 0 Å². The third-order valence-electron chi connectivity index (χ3n) is 5.11. The number of unbranched alkanes of at least 4 members (excludes halogenated alkanes) is 9. The standard InChI is InChI=1S/C24H40Br2O6/c1-3-31-23(29)17-21(27)19(25)15-13-11-9-7-5-6-8-10-12-14-16-20(26)22(28)18-24(30)32-4-2/h19-20H,3-18H2,1-2H3. The molecule has 6 nitrogen and oxygen atoms in total. The average molecular weight is 584 g/mol. The summed E-state index contributed by atoms with van der Waals surface area (Å²) in [6.45, 7) is 4.06. The quantitative estimate of drug-likeness (QED) is 0.0688. The smallest absolute Gasteiger partial charge is 0.313 e. The van der Waals surface area contributed by atoms with Crippen LogP contribution in [-0.2, 0) is 28.7 Å². The second-order valence-electron chi connectivity index (χ2n) is 7.94. The van der Waals surface area contributed by atoms with Crippen LogP contribution in [0.2, 0.25) is 0 Å². The van der Waals surface area contributed by atoms with Crippen molar-refractivity contribution in [3.8, 4) is 0 Å². The van der Waals surface area contributed by atoms with Gasteiger partial charge in [-0.15, -0.1) is 0 Å². The van der Waals surface area contributed by atoms with Crippen molar-refractivity contribution >= 4 is 55.4 Å². The number of esters is 2. The second-order valence-corrected chi connectivity index (χ2v) is 10.2. The minimum atomic E-state index is -0.448. The zero-order valence-electron chi connectivity index (χ0n) is 19.7. The number of hydrogen-bond acceptors (Lipinski definition) is 6. The lowest BCUT2D eigenvalue weighted by Crippen LogP contribution is -2.19. The van der Waals surface area contributed by atoms with Gasteiger partial charge in [0.25, 0.3) is 0 Å². The van der Waals surface area contributed by atoms with Crippen LogP contribution in [0.5, 0.6) is 0 Å². The topological polar surface area (TPSA) is 86.7 Å². The Morgan fingerprint density at radius 3 is 1.12 bits per heavy atom. The van der Waals surface area contributed by atoms with Crippen molar-refractivity contribution in [2.24, 2.45) is 0 Å². The average Bonchev–Trinajstić information content (AvgIpc) is 2.74. The molecule has 0 aromatic heterocycles. The molecule has 0 rings (SSSR count). The third-order valence-corrected chi connectivity index (χ3v) is 7.05.